The first-order valence-corrected chi connectivity index (χ1v) is 10.6. The van der Waals surface area contributed by atoms with Crippen LogP contribution in [0.2, 0.25) is 0 Å². The maximum absolute atomic E-state index is 10.9. The lowest BCUT2D eigenvalue weighted by molar-refractivity contribution is 0.155. The predicted molar refractivity (Wildman–Crippen MR) is 111 cm³/mol. The first-order chi connectivity index (χ1) is 13.1. The summed E-state index contributed by atoms with van der Waals surface area (Å²) in [6, 6.07) is 8.74. The topological polar surface area (TPSA) is 41.3 Å². The smallest absolute Gasteiger partial charge is 0.0970 e. The molecule has 1 saturated heterocycles. The van der Waals surface area contributed by atoms with Crippen LogP contribution in [0, 0.1) is 6.92 Å². The number of aliphatic hydroxyl groups is 1. The van der Waals surface area contributed by atoms with Gasteiger partial charge in [0.1, 0.15) is 0 Å². The van der Waals surface area contributed by atoms with E-state index in [1.165, 1.54) is 51.6 Å². The van der Waals surface area contributed by atoms with Crippen molar-refractivity contribution in [2.75, 3.05) is 13.1 Å². The van der Waals surface area contributed by atoms with Gasteiger partial charge in [-0.3, -0.25) is 9.88 Å². The van der Waals surface area contributed by atoms with Gasteiger partial charge in [0.25, 0.3) is 0 Å². The lowest BCUT2D eigenvalue weighted by Gasteiger charge is -2.31. The number of aliphatic hydroxyl groups excluding tert-OH is 1. The van der Waals surface area contributed by atoms with E-state index in [-0.39, 0.29) is 0 Å². The molecule has 0 amide bonds. The summed E-state index contributed by atoms with van der Waals surface area (Å²) < 4.78 is 3.58. The molecule has 27 heavy (non-hydrogen) atoms. The van der Waals surface area contributed by atoms with Gasteiger partial charge in [-0.15, -0.1) is 0 Å². The fourth-order valence-electron chi connectivity index (χ4n) is 4.96. The van der Waals surface area contributed by atoms with Crippen LogP contribution in [0.25, 0.3) is 10.9 Å². The fraction of sp³-hybridized carbons (Fsp3) is 0.409. The number of nitrogens with zero attached hydrogens (tertiary/aromatic N) is 3. The standard InChI is InChI=1S/C22H24BrN3O/c1-14-4-5-17-21(22(14)23)20-16-3-2-11-25(16)12-8-18(20)26(17)13-19(27)15-6-9-24-10-7-15/h4-7,9-10,16,19,27H,2-3,8,11-13H2,1H3/t16-,19-/m1/s1. The lowest BCUT2D eigenvalue weighted by atomic mass is 9.95. The van der Waals surface area contributed by atoms with E-state index in [0.717, 1.165) is 18.5 Å². The van der Waals surface area contributed by atoms with Crippen LogP contribution in [0.15, 0.2) is 41.1 Å². The van der Waals surface area contributed by atoms with Crippen LogP contribution in [0.1, 0.15) is 47.4 Å². The summed E-state index contributed by atoms with van der Waals surface area (Å²) in [7, 11) is 0. The van der Waals surface area contributed by atoms with Crippen LogP contribution in [-0.4, -0.2) is 32.6 Å². The number of halogens is 1. The number of fused-ring (bicyclic) bond motifs is 5. The molecule has 0 radical (unpaired) electrons. The monoisotopic (exact) mass is 425 g/mol. The number of benzene rings is 1. The second-order valence-corrected chi connectivity index (χ2v) is 8.59. The van der Waals surface area contributed by atoms with Crippen LogP contribution in [0.4, 0.5) is 0 Å². The first kappa shape index (κ1) is 17.4. The van der Waals surface area contributed by atoms with Crippen molar-refractivity contribution >= 4 is 26.8 Å². The summed E-state index contributed by atoms with van der Waals surface area (Å²) in [6.45, 7) is 5.07. The maximum atomic E-state index is 10.9. The van der Waals surface area contributed by atoms with Gasteiger partial charge in [0, 0.05) is 52.5 Å². The second-order valence-electron chi connectivity index (χ2n) is 7.80. The van der Waals surface area contributed by atoms with Gasteiger partial charge in [-0.2, -0.15) is 0 Å². The molecule has 2 aliphatic heterocycles. The molecule has 1 N–H and O–H groups in total. The van der Waals surface area contributed by atoms with Gasteiger partial charge in [-0.05, 0) is 77.1 Å². The Morgan fingerprint density at radius 1 is 1.22 bits per heavy atom. The zero-order chi connectivity index (χ0) is 18.5. The van der Waals surface area contributed by atoms with Crippen LogP contribution in [-0.2, 0) is 13.0 Å². The van der Waals surface area contributed by atoms with E-state index in [1.807, 2.05) is 12.1 Å². The normalized spacial score (nSPS) is 20.6. The van der Waals surface area contributed by atoms with E-state index in [2.05, 4.69) is 49.4 Å². The van der Waals surface area contributed by atoms with E-state index >= 15 is 0 Å². The van der Waals surface area contributed by atoms with E-state index < -0.39 is 6.10 Å². The highest BCUT2D eigenvalue weighted by molar-refractivity contribution is 9.10. The van der Waals surface area contributed by atoms with Crippen molar-refractivity contribution in [3.63, 3.8) is 0 Å². The molecule has 4 nitrogen and oxygen atoms in total. The molecule has 0 bridgehead atoms. The Balaban J connectivity index is 1.68. The Morgan fingerprint density at radius 2 is 2.04 bits per heavy atom. The molecular formula is C22H24BrN3O. The van der Waals surface area contributed by atoms with Crippen molar-refractivity contribution in [3.05, 3.63) is 63.5 Å². The molecule has 4 heterocycles. The predicted octanol–water partition coefficient (Wildman–Crippen LogP) is 4.53. The molecule has 0 aliphatic carbocycles. The average Bonchev–Trinajstić information content (AvgIpc) is 3.28. The molecule has 5 rings (SSSR count). The summed E-state index contributed by atoms with van der Waals surface area (Å²) in [5.41, 5.74) is 6.33. The van der Waals surface area contributed by atoms with Crippen LogP contribution in [0.3, 0.4) is 0 Å². The third-order valence-corrected chi connectivity index (χ3v) is 7.31. The Bertz CT molecular complexity index is 998. The molecular weight excluding hydrogens is 402 g/mol. The minimum atomic E-state index is -0.533. The number of hydrogen-bond acceptors (Lipinski definition) is 3. The molecule has 5 heteroatoms. The van der Waals surface area contributed by atoms with Crippen molar-refractivity contribution in [3.8, 4) is 0 Å². The number of rotatable bonds is 3. The highest BCUT2D eigenvalue weighted by Gasteiger charge is 2.36. The molecule has 2 aromatic heterocycles. The largest absolute Gasteiger partial charge is 0.387 e. The summed E-state index contributed by atoms with van der Waals surface area (Å²) in [6.07, 6.45) is 6.53. The van der Waals surface area contributed by atoms with Gasteiger partial charge < -0.3 is 9.67 Å². The number of aromatic nitrogens is 2. The second kappa shape index (κ2) is 6.73. The van der Waals surface area contributed by atoms with Crippen molar-refractivity contribution in [2.45, 2.75) is 44.9 Å². The number of hydrogen-bond donors (Lipinski definition) is 1. The van der Waals surface area contributed by atoms with Gasteiger partial charge in [-0.1, -0.05) is 6.07 Å². The number of aryl methyl sites for hydroxylation is 1. The van der Waals surface area contributed by atoms with Crippen molar-refractivity contribution in [1.82, 2.24) is 14.5 Å². The Hall–Kier alpha value is -1.69. The van der Waals surface area contributed by atoms with Crippen molar-refractivity contribution in [1.29, 1.82) is 0 Å². The van der Waals surface area contributed by atoms with Gasteiger partial charge in [0.2, 0.25) is 0 Å². The lowest BCUT2D eigenvalue weighted by Crippen LogP contribution is -2.31. The molecule has 0 saturated carbocycles. The molecule has 0 unspecified atom stereocenters. The maximum Gasteiger partial charge on any atom is 0.0970 e. The third-order valence-electron chi connectivity index (χ3n) is 6.29. The molecule has 140 valence electrons. The first-order valence-electron chi connectivity index (χ1n) is 9.77. The van der Waals surface area contributed by atoms with Crippen LogP contribution >= 0.6 is 15.9 Å². The van der Waals surface area contributed by atoms with E-state index in [0.29, 0.717) is 12.6 Å². The molecule has 2 aliphatic rings. The van der Waals surface area contributed by atoms with Gasteiger partial charge >= 0.3 is 0 Å². The van der Waals surface area contributed by atoms with Crippen LogP contribution in [0.5, 0.6) is 0 Å². The Kier molecular flexibility index (Phi) is 4.34. The summed E-state index contributed by atoms with van der Waals surface area (Å²) in [5.74, 6) is 0. The minimum Gasteiger partial charge on any atom is -0.387 e. The molecule has 3 aromatic rings. The minimum absolute atomic E-state index is 0.522. The van der Waals surface area contributed by atoms with E-state index in [1.54, 1.807) is 12.4 Å². The average molecular weight is 426 g/mol. The zero-order valence-corrected chi connectivity index (χ0v) is 17.1. The Labute approximate surface area is 168 Å². The summed E-state index contributed by atoms with van der Waals surface area (Å²) in [4.78, 5) is 6.71. The summed E-state index contributed by atoms with van der Waals surface area (Å²) in [5, 5.41) is 12.2. The molecule has 0 spiro atoms. The molecule has 1 aromatic carbocycles. The van der Waals surface area contributed by atoms with Gasteiger partial charge in [0.15, 0.2) is 0 Å². The van der Waals surface area contributed by atoms with Gasteiger partial charge in [0.05, 0.1) is 12.6 Å². The highest BCUT2D eigenvalue weighted by atomic mass is 79.9. The van der Waals surface area contributed by atoms with Crippen LogP contribution < -0.4 is 0 Å². The SMILES string of the molecule is Cc1ccc2c(c1Br)c1c(n2C[C@@H](O)c2ccncc2)CCN2CCC[C@H]12. The van der Waals surface area contributed by atoms with Gasteiger partial charge in [-0.25, -0.2) is 0 Å². The Morgan fingerprint density at radius 3 is 2.85 bits per heavy atom. The number of pyridine rings is 1. The van der Waals surface area contributed by atoms with E-state index in [4.69, 9.17) is 0 Å². The quantitative estimate of drug-likeness (QED) is 0.669. The molecule has 2 atom stereocenters. The van der Waals surface area contributed by atoms with E-state index in [9.17, 15) is 5.11 Å². The van der Waals surface area contributed by atoms with Crippen molar-refractivity contribution in [2.24, 2.45) is 0 Å². The summed E-state index contributed by atoms with van der Waals surface area (Å²) >= 11 is 3.88. The van der Waals surface area contributed by atoms with Crippen molar-refractivity contribution < 1.29 is 5.11 Å². The molecule has 1 fully saturated rings. The highest BCUT2D eigenvalue weighted by Crippen LogP contribution is 2.46. The fourth-order valence-corrected chi connectivity index (χ4v) is 5.51. The zero-order valence-electron chi connectivity index (χ0n) is 15.5. The third kappa shape index (κ3) is 2.75.